The molecule has 2 heterocycles. The molecule has 21 heavy (non-hydrogen) atoms. The molecule has 0 atom stereocenters. The molecule has 0 unspecified atom stereocenters. The van der Waals surface area contributed by atoms with Crippen LogP contribution in [0.3, 0.4) is 0 Å². The molecule has 0 bridgehead atoms. The lowest BCUT2D eigenvalue weighted by Gasteiger charge is -2.09. The van der Waals surface area contributed by atoms with E-state index in [2.05, 4.69) is 60.3 Å². The molecular weight excluding hydrogens is 300 g/mol. The van der Waals surface area contributed by atoms with Gasteiger partial charge in [-0.1, -0.05) is 37.6 Å². The van der Waals surface area contributed by atoms with Gasteiger partial charge < -0.3 is 9.88 Å². The van der Waals surface area contributed by atoms with E-state index in [4.69, 9.17) is 11.6 Å². The number of hydrogen-bond donors (Lipinski definition) is 1. The topological polar surface area (TPSA) is 17.0 Å². The van der Waals surface area contributed by atoms with Gasteiger partial charge in [-0.25, -0.2) is 0 Å². The van der Waals surface area contributed by atoms with E-state index in [0.717, 1.165) is 17.4 Å². The minimum atomic E-state index is 0.501. The molecule has 0 aliphatic heterocycles. The number of thiophene rings is 1. The molecule has 0 saturated carbocycles. The first-order valence-electron chi connectivity index (χ1n) is 7.17. The van der Waals surface area contributed by atoms with Gasteiger partial charge in [-0.05, 0) is 35.2 Å². The molecule has 3 rings (SSSR count). The highest BCUT2D eigenvalue weighted by Gasteiger charge is 2.05. The summed E-state index contributed by atoms with van der Waals surface area (Å²) in [6.45, 7) is 6.12. The van der Waals surface area contributed by atoms with Crippen LogP contribution in [0.1, 0.15) is 24.3 Å². The normalized spacial score (nSPS) is 11.6. The van der Waals surface area contributed by atoms with Crippen LogP contribution in [0, 0.1) is 0 Å². The van der Waals surface area contributed by atoms with Gasteiger partial charge in [-0.2, -0.15) is 0 Å². The van der Waals surface area contributed by atoms with Crippen molar-refractivity contribution in [1.29, 1.82) is 0 Å². The summed E-state index contributed by atoms with van der Waals surface area (Å²) >= 11 is 7.66. The fourth-order valence-electron chi connectivity index (χ4n) is 2.40. The van der Waals surface area contributed by atoms with Gasteiger partial charge in [0.25, 0.3) is 0 Å². The Morgan fingerprint density at radius 2 is 2.05 bits per heavy atom. The quantitative estimate of drug-likeness (QED) is 0.708. The van der Waals surface area contributed by atoms with Gasteiger partial charge in [0, 0.05) is 29.2 Å². The van der Waals surface area contributed by atoms with Crippen molar-refractivity contribution in [1.82, 2.24) is 9.88 Å². The maximum Gasteiger partial charge on any atom is 0.0931 e. The number of nitrogens with zero attached hydrogens (tertiary/aromatic N) is 1. The van der Waals surface area contributed by atoms with Crippen LogP contribution in [0.15, 0.2) is 42.6 Å². The lowest BCUT2D eigenvalue weighted by atomic mass is 10.1. The smallest absolute Gasteiger partial charge is 0.0931 e. The molecule has 0 aliphatic rings. The summed E-state index contributed by atoms with van der Waals surface area (Å²) in [5, 5.41) is 4.75. The Hall–Kier alpha value is -1.29. The molecule has 1 aromatic carbocycles. The Kier molecular flexibility index (Phi) is 4.34. The molecule has 0 amide bonds. The van der Waals surface area contributed by atoms with E-state index in [9.17, 15) is 0 Å². The van der Waals surface area contributed by atoms with Gasteiger partial charge in [-0.15, -0.1) is 11.3 Å². The Morgan fingerprint density at radius 3 is 2.76 bits per heavy atom. The lowest BCUT2D eigenvalue weighted by molar-refractivity contribution is 0.589. The van der Waals surface area contributed by atoms with Crippen molar-refractivity contribution in [3.05, 3.63) is 57.4 Å². The third-order valence-electron chi connectivity index (χ3n) is 3.51. The molecule has 4 heteroatoms. The zero-order valence-electron chi connectivity index (χ0n) is 12.3. The molecule has 2 nitrogen and oxygen atoms in total. The maximum atomic E-state index is 6.02. The number of aromatic nitrogens is 1. The molecule has 2 aromatic heterocycles. The summed E-state index contributed by atoms with van der Waals surface area (Å²) in [4.78, 5) is 1.28. The summed E-state index contributed by atoms with van der Waals surface area (Å²) in [5.41, 5.74) is 2.60. The van der Waals surface area contributed by atoms with Crippen LogP contribution in [0.5, 0.6) is 0 Å². The van der Waals surface area contributed by atoms with Crippen LogP contribution >= 0.6 is 22.9 Å². The fraction of sp³-hybridized carbons (Fsp3) is 0.294. The zero-order valence-corrected chi connectivity index (χ0v) is 13.8. The van der Waals surface area contributed by atoms with E-state index in [1.807, 2.05) is 6.07 Å². The first-order valence-corrected chi connectivity index (χ1v) is 8.36. The third kappa shape index (κ3) is 3.49. The second kappa shape index (κ2) is 6.22. The molecular formula is C17H19ClN2S. The SMILES string of the molecule is CC(C)NCc1ccc2ccn(Cc3ccc(Cl)s3)c2c1. The number of benzene rings is 1. The summed E-state index contributed by atoms with van der Waals surface area (Å²) in [6.07, 6.45) is 2.15. The van der Waals surface area contributed by atoms with Gasteiger partial charge >= 0.3 is 0 Å². The second-order valence-corrected chi connectivity index (χ2v) is 7.38. The van der Waals surface area contributed by atoms with E-state index < -0.39 is 0 Å². The van der Waals surface area contributed by atoms with E-state index >= 15 is 0 Å². The van der Waals surface area contributed by atoms with Gasteiger partial charge in [0.1, 0.15) is 0 Å². The molecule has 3 aromatic rings. The van der Waals surface area contributed by atoms with Crippen molar-refractivity contribution in [2.45, 2.75) is 33.0 Å². The number of halogens is 1. The number of fused-ring (bicyclic) bond motifs is 1. The third-order valence-corrected chi connectivity index (χ3v) is 4.72. The van der Waals surface area contributed by atoms with Crippen LogP contribution in [-0.4, -0.2) is 10.6 Å². The van der Waals surface area contributed by atoms with Crippen molar-refractivity contribution >= 4 is 33.8 Å². The minimum Gasteiger partial charge on any atom is -0.342 e. The van der Waals surface area contributed by atoms with Crippen LogP contribution in [-0.2, 0) is 13.1 Å². The molecule has 1 N–H and O–H groups in total. The molecule has 0 saturated heterocycles. The second-order valence-electron chi connectivity index (χ2n) is 5.58. The van der Waals surface area contributed by atoms with Crippen LogP contribution < -0.4 is 5.32 Å². The van der Waals surface area contributed by atoms with Crippen LogP contribution in [0.4, 0.5) is 0 Å². The summed E-state index contributed by atoms with van der Waals surface area (Å²) in [5.74, 6) is 0. The molecule has 0 fully saturated rings. The molecule has 110 valence electrons. The highest BCUT2D eigenvalue weighted by Crippen LogP contribution is 2.24. The van der Waals surface area contributed by atoms with Gasteiger partial charge in [0.2, 0.25) is 0 Å². The first kappa shape index (κ1) is 14.6. The highest BCUT2D eigenvalue weighted by molar-refractivity contribution is 7.16. The van der Waals surface area contributed by atoms with Gasteiger partial charge in [-0.3, -0.25) is 0 Å². The summed E-state index contributed by atoms with van der Waals surface area (Å²) in [7, 11) is 0. The van der Waals surface area contributed by atoms with Crippen molar-refractivity contribution in [2.75, 3.05) is 0 Å². The standard InChI is InChI=1S/C17H19ClN2S/c1-12(2)19-10-13-3-4-14-7-8-20(16(14)9-13)11-15-5-6-17(18)21-15/h3-9,12,19H,10-11H2,1-2H3. The Bertz CT molecular complexity index is 742. The molecule has 0 aliphatic carbocycles. The first-order chi connectivity index (χ1) is 10.1. The maximum absolute atomic E-state index is 6.02. The van der Waals surface area contributed by atoms with E-state index in [-0.39, 0.29) is 0 Å². The highest BCUT2D eigenvalue weighted by atomic mass is 35.5. The predicted molar refractivity (Wildman–Crippen MR) is 92.3 cm³/mol. The Morgan fingerprint density at radius 1 is 1.19 bits per heavy atom. The monoisotopic (exact) mass is 318 g/mol. The average molecular weight is 319 g/mol. The summed E-state index contributed by atoms with van der Waals surface area (Å²) in [6, 6.07) is 13.4. The predicted octanol–water partition coefficient (Wildman–Crippen LogP) is 4.90. The van der Waals surface area contributed by atoms with Crippen molar-refractivity contribution in [3.8, 4) is 0 Å². The Balaban J connectivity index is 1.86. The summed E-state index contributed by atoms with van der Waals surface area (Å²) < 4.78 is 3.14. The van der Waals surface area contributed by atoms with E-state index in [1.165, 1.54) is 21.3 Å². The van der Waals surface area contributed by atoms with Crippen LogP contribution in [0.2, 0.25) is 4.34 Å². The Labute approximate surface area is 134 Å². The van der Waals surface area contributed by atoms with Crippen molar-refractivity contribution < 1.29 is 0 Å². The lowest BCUT2D eigenvalue weighted by Crippen LogP contribution is -2.21. The molecule has 0 radical (unpaired) electrons. The number of rotatable bonds is 5. The van der Waals surface area contributed by atoms with Crippen molar-refractivity contribution in [2.24, 2.45) is 0 Å². The number of hydrogen-bond acceptors (Lipinski definition) is 2. The fourth-order valence-corrected chi connectivity index (χ4v) is 3.49. The van der Waals surface area contributed by atoms with Gasteiger partial charge in [0.15, 0.2) is 0 Å². The molecule has 0 spiro atoms. The zero-order chi connectivity index (χ0) is 14.8. The average Bonchev–Trinajstić information content (AvgIpc) is 3.04. The number of nitrogens with one attached hydrogen (secondary N) is 1. The largest absolute Gasteiger partial charge is 0.342 e. The van der Waals surface area contributed by atoms with Gasteiger partial charge in [0.05, 0.1) is 10.9 Å². The van der Waals surface area contributed by atoms with E-state index in [0.29, 0.717) is 6.04 Å². The van der Waals surface area contributed by atoms with Crippen molar-refractivity contribution in [3.63, 3.8) is 0 Å². The van der Waals surface area contributed by atoms with Crippen LogP contribution in [0.25, 0.3) is 10.9 Å². The minimum absolute atomic E-state index is 0.501. The van der Waals surface area contributed by atoms with E-state index in [1.54, 1.807) is 11.3 Å².